The first kappa shape index (κ1) is 16.0. The molecule has 0 saturated carbocycles. The van der Waals surface area contributed by atoms with Crippen LogP contribution in [0.1, 0.15) is 36.5 Å². The second-order valence-electron chi connectivity index (χ2n) is 4.52. The Morgan fingerprint density at radius 1 is 1.45 bits per heavy atom. The third-order valence-electron chi connectivity index (χ3n) is 2.82. The maximum atomic E-state index is 11.8. The van der Waals surface area contributed by atoms with E-state index in [1.54, 1.807) is 0 Å². The van der Waals surface area contributed by atoms with Gasteiger partial charge in [-0.1, -0.05) is 13.3 Å². The number of anilines is 1. The van der Waals surface area contributed by atoms with Gasteiger partial charge in [-0.2, -0.15) is 0 Å². The standard InChI is InChI=1S/C14H20N2O4/c1-3-4-9(15)7-13(17)16-10-5-6-11(14(18)19)12(8-10)20-2/h5-6,8-9H,3-4,7,15H2,1-2H3,(H,16,17)(H,18,19). The topological polar surface area (TPSA) is 102 Å². The van der Waals surface area contributed by atoms with Crippen molar-refractivity contribution in [3.05, 3.63) is 23.8 Å². The van der Waals surface area contributed by atoms with Gasteiger partial charge in [-0.25, -0.2) is 4.79 Å². The highest BCUT2D eigenvalue weighted by Gasteiger charge is 2.13. The van der Waals surface area contributed by atoms with Gasteiger partial charge in [0, 0.05) is 24.2 Å². The smallest absolute Gasteiger partial charge is 0.339 e. The number of carbonyl (C=O) groups excluding carboxylic acids is 1. The molecule has 0 aromatic heterocycles. The predicted molar refractivity (Wildman–Crippen MR) is 76.1 cm³/mol. The van der Waals surface area contributed by atoms with Crippen molar-refractivity contribution in [2.75, 3.05) is 12.4 Å². The van der Waals surface area contributed by atoms with Gasteiger partial charge in [0.25, 0.3) is 0 Å². The molecule has 0 heterocycles. The third-order valence-corrected chi connectivity index (χ3v) is 2.82. The molecule has 1 atom stereocenters. The number of nitrogens with one attached hydrogen (secondary N) is 1. The molecule has 1 aromatic rings. The van der Waals surface area contributed by atoms with Gasteiger partial charge in [-0.15, -0.1) is 0 Å². The fourth-order valence-corrected chi connectivity index (χ4v) is 1.87. The van der Waals surface area contributed by atoms with Crippen LogP contribution in [0.2, 0.25) is 0 Å². The van der Waals surface area contributed by atoms with Crippen molar-refractivity contribution in [3.63, 3.8) is 0 Å². The van der Waals surface area contributed by atoms with Crippen LogP contribution in [0, 0.1) is 0 Å². The van der Waals surface area contributed by atoms with Gasteiger partial charge in [-0.05, 0) is 18.6 Å². The second kappa shape index (κ2) is 7.49. The van der Waals surface area contributed by atoms with E-state index in [0.29, 0.717) is 5.69 Å². The molecule has 110 valence electrons. The van der Waals surface area contributed by atoms with Crippen LogP contribution in [0.15, 0.2) is 18.2 Å². The molecule has 1 rings (SSSR count). The monoisotopic (exact) mass is 280 g/mol. The Morgan fingerprint density at radius 3 is 2.70 bits per heavy atom. The molecule has 6 heteroatoms. The first-order valence-corrected chi connectivity index (χ1v) is 6.44. The average molecular weight is 280 g/mol. The summed E-state index contributed by atoms with van der Waals surface area (Å²) in [6, 6.07) is 4.23. The first-order chi connectivity index (χ1) is 9.47. The van der Waals surface area contributed by atoms with E-state index in [2.05, 4.69) is 5.32 Å². The lowest BCUT2D eigenvalue weighted by atomic mass is 10.1. The normalized spacial score (nSPS) is 11.8. The zero-order valence-electron chi connectivity index (χ0n) is 11.7. The number of rotatable bonds is 7. The van der Waals surface area contributed by atoms with Crippen LogP contribution in [0.5, 0.6) is 5.75 Å². The lowest BCUT2D eigenvalue weighted by Crippen LogP contribution is -2.26. The van der Waals surface area contributed by atoms with E-state index >= 15 is 0 Å². The molecule has 1 amide bonds. The summed E-state index contributed by atoms with van der Waals surface area (Å²) in [5.74, 6) is -1.08. The minimum atomic E-state index is -1.08. The fourth-order valence-electron chi connectivity index (χ4n) is 1.87. The molecule has 0 aliphatic rings. The second-order valence-corrected chi connectivity index (χ2v) is 4.52. The number of aromatic carboxylic acids is 1. The highest BCUT2D eigenvalue weighted by atomic mass is 16.5. The molecule has 0 fully saturated rings. The minimum absolute atomic E-state index is 0.0492. The predicted octanol–water partition coefficient (Wildman–Crippen LogP) is 1.85. The summed E-state index contributed by atoms with van der Waals surface area (Å²) >= 11 is 0. The van der Waals surface area contributed by atoms with E-state index in [1.807, 2.05) is 6.92 Å². The van der Waals surface area contributed by atoms with Gasteiger partial charge in [0.15, 0.2) is 0 Å². The largest absolute Gasteiger partial charge is 0.496 e. The quantitative estimate of drug-likeness (QED) is 0.707. The third kappa shape index (κ3) is 4.55. The Balaban J connectivity index is 2.73. The molecular formula is C14H20N2O4. The van der Waals surface area contributed by atoms with Gasteiger partial charge < -0.3 is 20.9 Å². The average Bonchev–Trinajstić information content (AvgIpc) is 2.38. The number of carboxylic acid groups (broad SMARTS) is 1. The number of carboxylic acids is 1. The van der Waals surface area contributed by atoms with Gasteiger partial charge in [0.2, 0.25) is 5.91 Å². The molecule has 0 spiro atoms. The van der Waals surface area contributed by atoms with E-state index in [1.165, 1.54) is 25.3 Å². The number of ether oxygens (including phenoxy) is 1. The Kier molecular flexibility index (Phi) is 5.99. The number of nitrogens with two attached hydrogens (primary N) is 1. The minimum Gasteiger partial charge on any atom is -0.496 e. The zero-order valence-corrected chi connectivity index (χ0v) is 11.7. The van der Waals surface area contributed by atoms with Crippen molar-refractivity contribution < 1.29 is 19.4 Å². The molecule has 0 aliphatic carbocycles. The highest BCUT2D eigenvalue weighted by Crippen LogP contribution is 2.23. The van der Waals surface area contributed by atoms with Crippen LogP contribution < -0.4 is 15.8 Å². The Labute approximate surface area is 117 Å². The lowest BCUT2D eigenvalue weighted by molar-refractivity contribution is -0.116. The van der Waals surface area contributed by atoms with Gasteiger partial charge in [0.1, 0.15) is 11.3 Å². The van der Waals surface area contributed by atoms with E-state index in [0.717, 1.165) is 12.8 Å². The molecule has 0 radical (unpaired) electrons. The Bertz CT molecular complexity index is 488. The number of benzene rings is 1. The van der Waals surface area contributed by atoms with Gasteiger partial charge >= 0.3 is 5.97 Å². The summed E-state index contributed by atoms with van der Waals surface area (Å²) in [7, 11) is 1.38. The molecule has 1 unspecified atom stereocenters. The molecule has 0 aliphatic heterocycles. The number of methoxy groups -OCH3 is 1. The maximum Gasteiger partial charge on any atom is 0.339 e. The number of hydrogen-bond donors (Lipinski definition) is 3. The molecule has 1 aromatic carbocycles. The summed E-state index contributed by atoms with van der Waals surface area (Å²) in [6.07, 6.45) is 1.95. The summed E-state index contributed by atoms with van der Waals surface area (Å²) in [5, 5.41) is 11.6. The van der Waals surface area contributed by atoms with E-state index in [9.17, 15) is 9.59 Å². The Morgan fingerprint density at radius 2 is 2.15 bits per heavy atom. The molecule has 6 nitrogen and oxygen atoms in total. The van der Waals surface area contributed by atoms with Gasteiger partial charge in [0.05, 0.1) is 7.11 Å². The van der Waals surface area contributed by atoms with Crippen molar-refractivity contribution in [2.24, 2.45) is 5.73 Å². The zero-order chi connectivity index (χ0) is 15.1. The van der Waals surface area contributed by atoms with Crippen molar-refractivity contribution in [1.29, 1.82) is 0 Å². The van der Waals surface area contributed by atoms with E-state index < -0.39 is 5.97 Å². The van der Waals surface area contributed by atoms with Crippen molar-refractivity contribution in [3.8, 4) is 5.75 Å². The summed E-state index contributed by atoms with van der Waals surface area (Å²) in [6.45, 7) is 2.01. The number of amides is 1. The summed E-state index contributed by atoms with van der Waals surface area (Å²) < 4.78 is 4.99. The summed E-state index contributed by atoms with van der Waals surface area (Å²) in [4.78, 5) is 22.7. The SMILES string of the molecule is CCCC(N)CC(=O)Nc1ccc(C(=O)O)c(OC)c1. The lowest BCUT2D eigenvalue weighted by Gasteiger charge is -2.12. The fraction of sp³-hybridized carbons (Fsp3) is 0.429. The molecular weight excluding hydrogens is 260 g/mol. The van der Waals surface area contributed by atoms with Crippen LogP contribution in [-0.4, -0.2) is 30.1 Å². The molecule has 0 bridgehead atoms. The van der Waals surface area contributed by atoms with Crippen LogP contribution in [0.4, 0.5) is 5.69 Å². The van der Waals surface area contributed by atoms with Crippen molar-refractivity contribution >= 4 is 17.6 Å². The van der Waals surface area contributed by atoms with E-state index in [-0.39, 0.29) is 29.7 Å². The number of hydrogen-bond acceptors (Lipinski definition) is 4. The molecule has 20 heavy (non-hydrogen) atoms. The molecule has 0 saturated heterocycles. The van der Waals surface area contributed by atoms with Crippen molar-refractivity contribution in [1.82, 2.24) is 0 Å². The van der Waals surface area contributed by atoms with Crippen LogP contribution in [-0.2, 0) is 4.79 Å². The number of carbonyl (C=O) groups is 2. The summed E-state index contributed by atoms with van der Waals surface area (Å²) in [5.41, 5.74) is 6.33. The van der Waals surface area contributed by atoms with Crippen molar-refractivity contribution in [2.45, 2.75) is 32.2 Å². The highest BCUT2D eigenvalue weighted by molar-refractivity contribution is 5.94. The van der Waals surface area contributed by atoms with Crippen LogP contribution >= 0.6 is 0 Å². The first-order valence-electron chi connectivity index (χ1n) is 6.44. The van der Waals surface area contributed by atoms with E-state index in [4.69, 9.17) is 15.6 Å². The Hall–Kier alpha value is -2.08. The van der Waals surface area contributed by atoms with Gasteiger partial charge in [-0.3, -0.25) is 4.79 Å². The molecule has 4 N–H and O–H groups in total. The maximum absolute atomic E-state index is 11.8. The van der Waals surface area contributed by atoms with Crippen LogP contribution in [0.3, 0.4) is 0 Å². The van der Waals surface area contributed by atoms with Crippen LogP contribution in [0.25, 0.3) is 0 Å².